The van der Waals surface area contributed by atoms with Crippen LogP contribution in [0.5, 0.6) is 0 Å². The molecule has 0 rings (SSSR count). The summed E-state index contributed by atoms with van der Waals surface area (Å²) in [6.45, 7) is 1.74. The van der Waals surface area contributed by atoms with Crippen LogP contribution in [-0.2, 0) is 4.79 Å². The Kier molecular flexibility index (Phi) is 10.5. The van der Waals surface area contributed by atoms with Crippen LogP contribution in [0.4, 0.5) is 43.9 Å². The zero-order valence-corrected chi connectivity index (χ0v) is 13.1. The number of aliphatic carboxylic acids is 1. The van der Waals surface area contributed by atoms with Gasteiger partial charge < -0.3 is 5.11 Å². The zero-order chi connectivity index (χ0) is 20.5. The lowest BCUT2D eigenvalue weighted by Crippen LogP contribution is -2.36. The lowest BCUT2D eigenvalue weighted by Gasteiger charge is -2.18. The molecule has 0 unspecified atom stereocenters. The summed E-state index contributed by atoms with van der Waals surface area (Å²) in [6.07, 6.45) is -14.0. The minimum Gasteiger partial charge on any atom is -0.481 e. The van der Waals surface area contributed by atoms with Gasteiger partial charge >= 0.3 is 30.2 Å². The van der Waals surface area contributed by atoms with Crippen LogP contribution in [-0.4, -0.2) is 35.3 Å². The van der Waals surface area contributed by atoms with Gasteiger partial charge in [0.15, 0.2) is 0 Å². The molecule has 0 aliphatic heterocycles. The fourth-order valence-corrected chi connectivity index (χ4v) is 1.34. The first-order valence-corrected chi connectivity index (χ1v) is 7.09. The fraction of sp³-hybridized carbons (Fsp3) is 0.923. The summed E-state index contributed by atoms with van der Waals surface area (Å²) in [4.78, 5) is 9.81. The van der Waals surface area contributed by atoms with Gasteiger partial charge in [-0.2, -0.15) is 43.9 Å². The molecule has 0 radical (unpaired) electrons. The highest BCUT2D eigenvalue weighted by Gasteiger charge is 2.57. The van der Waals surface area contributed by atoms with Gasteiger partial charge in [0.05, 0.1) is 0 Å². The fourth-order valence-electron chi connectivity index (χ4n) is 1.34. The van der Waals surface area contributed by atoms with E-state index in [4.69, 9.17) is 5.11 Å². The van der Waals surface area contributed by atoms with E-state index >= 15 is 0 Å². The van der Waals surface area contributed by atoms with Crippen LogP contribution in [0.25, 0.3) is 0 Å². The van der Waals surface area contributed by atoms with Gasteiger partial charge in [0.1, 0.15) is 0 Å². The number of alkyl halides is 10. The SMILES string of the molecule is CCCCCC(F)(F)C(F)(F)F.O=C(O)CCCC(F)(F)C(F)(F)F. The molecular formula is C13H18F10O2. The zero-order valence-electron chi connectivity index (χ0n) is 13.1. The van der Waals surface area contributed by atoms with Crippen molar-refractivity contribution < 1.29 is 53.8 Å². The largest absolute Gasteiger partial charge is 0.481 e. The maximum Gasteiger partial charge on any atom is 0.453 e. The molecule has 0 aliphatic carbocycles. The summed E-state index contributed by atoms with van der Waals surface area (Å²) in [5, 5.41) is 7.99. The smallest absolute Gasteiger partial charge is 0.453 e. The van der Waals surface area contributed by atoms with Crippen molar-refractivity contribution in [3.05, 3.63) is 0 Å². The number of hydrogen-bond acceptors (Lipinski definition) is 1. The quantitative estimate of drug-likeness (QED) is 0.392. The molecule has 0 aliphatic rings. The molecule has 0 atom stereocenters. The molecule has 12 heteroatoms. The third kappa shape index (κ3) is 11.1. The maximum absolute atomic E-state index is 12.1. The second-order valence-corrected chi connectivity index (χ2v) is 5.11. The average Bonchev–Trinajstić information content (AvgIpc) is 2.36. The van der Waals surface area contributed by atoms with E-state index < -0.39 is 55.9 Å². The second kappa shape index (κ2) is 10.0. The highest BCUT2D eigenvalue weighted by atomic mass is 19.4. The van der Waals surface area contributed by atoms with Crippen LogP contribution in [0.15, 0.2) is 0 Å². The first kappa shape index (κ1) is 26.0. The van der Waals surface area contributed by atoms with E-state index in [9.17, 15) is 48.7 Å². The molecule has 0 fully saturated rings. The Morgan fingerprint density at radius 1 is 0.720 bits per heavy atom. The van der Waals surface area contributed by atoms with Gasteiger partial charge in [0.2, 0.25) is 0 Å². The normalized spacial score (nSPS) is 13.2. The van der Waals surface area contributed by atoms with E-state index in [0.29, 0.717) is 12.8 Å². The Balaban J connectivity index is 0. The van der Waals surface area contributed by atoms with Crippen molar-refractivity contribution in [1.29, 1.82) is 0 Å². The van der Waals surface area contributed by atoms with E-state index in [0.717, 1.165) is 0 Å². The minimum atomic E-state index is -5.59. The molecule has 0 aromatic rings. The van der Waals surface area contributed by atoms with Crippen molar-refractivity contribution >= 4 is 5.97 Å². The van der Waals surface area contributed by atoms with Crippen LogP contribution >= 0.6 is 0 Å². The number of carboxylic acids is 1. The Morgan fingerprint density at radius 2 is 1.08 bits per heavy atom. The van der Waals surface area contributed by atoms with Crippen LogP contribution in [0.3, 0.4) is 0 Å². The van der Waals surface area contributed by atoms with Gasteiger partial charge in [-0.15, -0.1) is 0 Å². The molecule has 25 heavy (non-hydrogen) atoms. The average molecular weight is 396 g/mol. The lowest BCUT2D eigenvalue weighted by atomic mass is 10.1. The summed E-state index contributed by atoms with van der Waals surface area (Å²) in [7, 11) is 0. The number of halogens is 10. The molecule has 0 heterocycles. The summed E-state index contributed by atoms with van der Waals surface area (Å²) in [5.74, 6) is -10.7. The molecule has 152 valence electrons. The highest BCUT2D eigenvalue weighted by Crippen LogP contribution is 2.39. The van der Waals surface area contributed by atoms with Gasteiger partial charge in [0, 0.05) is 19.3 Å². The molecule has 0 amide bonds. The maximum atomic E-state index is 12.1. The van der Waals surface area contributed by atoms with E-state index in [-0.39, 0.29) is 6.42 Å². The van der Waals surface area contributed by atoms with Gasteiger partial charge in [-0.05, 0) is 12.8 Å². The van der Waals surface area contributed by atoms with Gasteiger partial charge in [-0.1, -0.05) is 19.8 Å². The Morgan fingerprint density at radius 3 is 1.36 bits per heavy atom. The van der Waals surface area contributed by atoms with E-state index in [2.05, 4.69) is 0 Å². The predicted molar refractivity (Wildman–Crippen MR) is 67.6 cm³/mol. The van der Waals surface area contributed by atoms with Crippen LogP contribution in [0.1, 0.15) is 51.9 Å². The number of carbonyl (C=O) groups is 1. The van der Waals surface area contributed by atoms with Crippen molar-refractivity contribution in [3.8, 4) is 0 Å². The van der Waals surface area contributed by atoms with E-state index in [1.807, 2.05) is 0 Å². The van der Waals surface area contributed by atoms with Crippen LogP contribution in [0, 0.1) is 0 Å². The number of unbranched alkanes of at least 4 members (excludes halogenated alkanes) is 2. The molecule has 0 bridgehead atoms. The molecule has 0 aromatic heterocycles. The molecule has 1 N–H and O–H groups in total. The Bertz CT molecular complexity index is 387. The summed E-state index contributed by atoms with van der Waals surface area (Å²) in [5.41, 5.74) is 0. The molecule has 0 spiro atoms. The van der Waals surface area contributed by atoms with Gasteiger partial charge in [-0.25, -0.2) is 0 Å². The third-order valence-electron chi connectivity index (χ3n) is 2.81. The monoisotopic (exact) mass is 396 g/mol. The predicted octanol–water partition coefficient (Wildman–Crippen LogP) is 6.20. The van der Waals surface area contributed by atoms with Crippen molar-refractivity contribution in [3.63, 3.8) is 0 Å². The van der Waals surface area contributed by atoms with Crippen molar-refractivity contribution in [2.24, 2.45) is 0 Å². The second-order valence-electron chi connectivity index (χ2n) is 5.11. The minimum absolute atomic E-state index is 0.0803. The molecule has 0 saturated heterocycles. The van der Waals surface area contributed by atoms with E-state index in [1.165, 1.54) is 0 Å². The van der Waals surface area contributed by atoms with Crippen molar-refractivity contribution in [1.82, 2.24) is 0 Å². The third-order valence-corrected chi connectivity index (χ3v) is 2.81. The van der Waals surface area contributed by atoms with Gasteiger partial charge in [-0.3, -0.25) is 4.79 Å². The number of rotatable bonds is 8. The molecular weight excluding hydrogens is 378 g/mol. The number of carboxylic acid groups (broad SMARTS) is 1. The Hall–Kier alpha value is -1.23. The van der Waals surface area contributed by atoms with Crippen LogP contribution in [0.2, 0.25) is 0 Å². The van der Waals surface area contributed by atoms with E-state index in [1.54, 1.807) is 6.92 Å². The standard InChI is InChI=1S/C7H11F5.C6H7F5O2/c1-2-3-4-5-6(8,9)7(10,11)12;7-5(8,6(9,10)11)3-1-2-4(12)13/h2-5H2,1H3;1-3H2,(H,12,13). The number of hydrogen-bond donors (Lipinski definition) is 1. The summed E-state index contributed by atoms with van der Waals surface area (Å²) >= 11 is 0. The molecule has 0 saturated carbocycles. The highest BCUT2D eigenvalue weighted by molar-refractivity contribution is 5.66. The first-order valence-electron chi connectivity index (χ1n) is 7.09. The Labute approximate surface area is 137 Å². The first-order chi connectivity index (χ1) is 11.0. The van der Waals surface area contributed by atoms with Gasteiger partial charge in [0.25, 0.3) is 0 Å². The van der Waals surface area contributed by atoms with Crippen molar-refractivity contribution in [2.45, 2.75) is 76.1 Å². The molecule has 2 nitrogen and oxygen atoms in total. The summed E-state index contributed by atoms with van der Waals surface area (Å²) < 4.78 is 117. The van der Waals surface area contributed by atoms with Crippen molar-refractivity contribution in [2.75, 3.05) is 0 Å². The topological polar surface area (TPSA) is 37.3 Å². The summed E-state index contributed by atoms with van der Waals surface area (Å²) in [6, 6.07) is 0. The molecule has 0 aromatic carbocycles. The lowest BCUT2D eigenvalue weighted by molar-refractivity contribution is -0.284. The van der Waals surface area contributed by atoms with Crippen LogP contribution < -0.4 is 0 Å².